The van der Waals surface area contributed by atoms with Gasteiger partial charge in [0.25, 0.3) is 0 Å². The second-order valence-corrected chi connectivity index (χ2v) is 13.7. The Kier molecular flexibility index (Phi) is 7.96. The summed E-state index contributed by atoms with van der Waals surface area (Å²) < 4.78 is 12.5. The molecule has 0 saturated heterocycles. The minimum Gasteiger partial charge on any atom is -0.490 e. The van der Waals surface area contributed by atoms with Crippen LogP contribution in [0.2, 0.25) is 0 Å². The number of rotatable bonds is 7. The van der Waals surface area contributed by atoms with Gasteiger partial charge < -0.3 is 14.4 Å². The highest BCUT2D eigenvalue weighted by molar-refractivity contribution is 9.10. The monoisotopic (exact) mass is 615 g/mol. The van der Waals surface area contributed by atoms with Crippen LogP contribution in [-0.2, 0) is 16.1 Å². The summed E-state index contributed by atoms with van der Waals surface area (Å²) in [5, 5.41) is 0. The zero-order chi connectivity index (χ0) is 29.5. The first-order valence-corrected chi connectivity index (χ1v) is 15.1. The number of nitrogens with zero attached hydrogens (tertiary/aromatic N) is 1. The predicted octanol–water partition coefficient (Wildman–Crippen LogP) is 7.75. The molecule has 0 atom stereocenters. The van der Waals surface area contributed by atoms with E-state index in [0.717, 1.165) is 46.5 Å². The molecule has 6 heteroatoms. The van der Waals surface area contributed by atoms with E-state index >= 15 is 0 Å². The molecule has 0 saturated carbocycles. The third-order valence-electron chi connectivity index (χ3n) is 8.17. The van der Waals surface area contributed by atoms with E-state index in [-0.39, 0.29) is 29.0 Å². The maximum atomic E-state index is 14.1. The quantitative estimate of drug-likeness (QED) is 0.298. The SMILES string of the molecule is C#CCOc1c(Br)cc(C2C3=C(CC(C)(C)CC3=O)N(Cc3ccccc3)C3=C2C(=O)CC(C)(C)C3)cc1OCC. The zero-order valence-electron chi connectivity index (χ0n) is 24.6. The average molecular weight is 617 g/mol. The molecule has 0 amide bonds. The van der Waals surface area contributed by atoms with Crippen LogP contribution in [0.5, 0.6) is 11.5 Å². The summed E-state index contributed by atoms with van der Waals surface area (Å²) in [6.07, 6.45) is 7.85. The van der Waals surface area contributed by atoms with Gasteiger partial charge >= 0.3 is 0 Å². The van der Waals surface area contributed by atoms with Crippen LogP contribution in [-0.4, -0.2) is 29.7 Å². The van der Waals surface area contributed by atoms with Crippen molar-refractivity contribution in [1.29, 1.82) is 0 Å². The molecule has 1 aliphatic heterocycles. The van der Waals surface area contributed by atoms with Crippen LogP contribution in [0.3, 0.4) is 0 Å². The molecule has 2 aromatic rings. The topological polar surface area (TPSA) is 55.8 Å². The van der Waals surface area contributed by atoms with Crippen molar-refractivity contribution in [3.63, 3.8) is 0 Å². The lowest BCUT2D eigenvalue weighted by Crippen LogP contribution is -2.44. The largest absolute Gasteiger partial charge is 0.490 e. The number of terminal acetylenes is 1. The van der Waals surface area contributed by atoms with Gasteiger partial charge in [-0.1, -0.05) is 63.9 Å². The van der Waals surface area contributed by atoms with Crippen LogP contribution in [0.15, 0.2) is 69.5 Å². The molecule has 5 nitrogen and oxygen atoms in total. The second kappa shape index (κ2) is 11.2. The molecule has 0 fully saturated rings. The Bertz CT molecular complexity index is 1440. The molecule has 0 unspecified atom stereocenters. The Morgan fingerprint density at radius 2 is 1.51 bits per heavy atom. The minimum absolute atomic E-state index is 0.0988. The molecular formula is C35H38BrNO4. The molecule has 0 bridgehead atoms. The molecule has 0 radical (unpaired) electrons. The summed E-state index contributed by atoms with van der Waals surface area (Å²) >= 11 is 3.68. The Morgan fingerprint density at radius 1 is 0.927 bits per heavy atom. The van der Waals surface area contributed by atoms with Crippen molar-refractivity contribution in [2.75, 3.05) is 13.2 Å². The van der Waals surface area contributed by atoms with Gasteiger partial charge in [0, 0.05) is 47.8 Å². The highest BCUT2D eigenvalue weighted by atomic mass is 79.9. The van der Waals surface area contributed by atoms with E-state index < -0.39 is 5.92 Å². The van der Waals surface area contributed by atoms with Crippen LogP contribution < -0.4 is 9.47 Å². The number of halogens is 1. The van der Waals surface area contributed by atoms with Crippen molar-refractivity contribution in [2.24, 2.45) is 10.8 Å². The normalized spacial score (nSPS) is 20.0. The third kappa shape index (κ3) is 5.75. The van der Waals surface area contributed by atoms with Crippen molar-refractivity contribution >= 4 is 27.5 Å². The number of carbonyl (C=O) groups excluding carboxylic acids is 2. The Morgan fingerprint density at radius 3 is 2.05 bits per heavy atom. The van der Waals surface area contributed by atoms with Gasteiger partial charge in [0.2, 0.25) is 0 Å². The van der Waals surface area contributed by atoms with Crippen LogP contribution in [0, 0.1) is 23.2 Å². The molecule has 41 heavy (non-hydrogen) atoms. The van der Waals surface area contributed by atoms with Crippen molar-refractivity contribution in [2.45, 2.75) is 72.8 Å². The van der Waals surface area contributed by atoms with E-state index in [1.54, 1.807) is 0 Å². The fourth-order valence-electron chi connectivity index (χ4n) is 6.61. The molecule has 0 spiro atoms. The van der Waals surface area contributed by atoms with E-state index in [1.807, 2.05) is 37.3 Å². The standard InChI is InChI=1S/C35H38BrNO4/c1-7-14-41-33-24(36)15-23(16-29(33)40-8-2)30-31-25(17-34(3,4)19-27(31)38)37(21-22-12-10-9-11-13-22)26-18-35(5,6)20-28(39)32(26)30/h1,9-13,15-16,30H,8,14,17-21H2,2-6H3. The molecule has 0 aromatic heterocycles. The molecule has 5 rings (SSSR count). The number of hydrogen-bond acceptors (Lipinski definition) is 5. The van der Waals surface area contributed by atoms with Gasteiger partial charge in [-0.25, -0.2) is 0 Å². The van der Waals surface area contributed by atoms with Gasteiger partial charge in [0.15, 0.2) is 23.1 Å². The highest BCUT2D eigenvalue weighted by Gasteiger charge is 2.49. The lowest BCUT2D eigenvalue weighted by atomic mass is 9.63. The number of carbonyl (C=O) groups is 2. The van der Waals surface area contributed by atoms with Crippen molar-refractivity contribution in [3.8, 4) is 23.8 Å². The average Bonchev–Trinajstić information content (AvgIpc) is 2.88. The number of benzene rings is 2. The lowest BCUT2D eigenvalue weighted by Gasteiger charge is -2.49. The van der Waals surface area contributed by atoms with E-state index in [1.165, 1.54) is 0 Å². The number of hydrogen-bond donors (Lipinski definition) is 0. The molecule has 3 aliphatic rings. The van der Waals surface area contributed by atoms with Gasteiger partial charge in [-0.3, -0.25) is 9.59 Å². The first kappa shape index (κ1) is 29.2. The maximum Gasteiger partial charge on any atom is 0.176 e. The van der Waals surface area contributed by atoms with E-state index in [4.69, 9.17) is 15.9 Å². The van der Waals surface area contributed by atoms with Gasteiger partial charge in [0.05, 0.1) is 11.1 Å². The molecule has 2 aromatic carbocycles. The number of ether oxygens (including phenoxy) is 2. The van der Waals surface area contributed by atoms with Crippen LogP contribution in [0.1, 0.15) is 77.3 Å². The first-order valence-electron chi connectivity index (χ1n) is 14.3. The van der Waals surface area contributed by atoms with Gasteiger partial charge in [-0.2, -0.15) is 0 Å². The maximum absolute atomic E-state index is 14.1. The van der Waals surface area contributed by atoms with E-state index in [9.17, 15) is 9.59 Å². The van der Waals surface area contributed by atoms with Gasteiger partial charge in [0.1, 0.15) is 6.61 Å². The van der Waals surface area contributed by atoms with Crippen molar-refractivity contribution in [3.05, 3.63) is 80.6 Å². The zero-order valence-corrected chi connectivity index (χ0v) is 26.2. The summed E-state index contributed by atoms with van der Waals surface area (Å²) in [7, 11) is 0. The van der Waals surface area contributed by atoms with Crippen LogP contribution in [0.25, 0.3) is 0 Å². The Hall–Kier alpha value is -3.30. The molecule has 1 heterocycles. The summed E-state index contributed by atoms with van der Waals surface area (Å²) in [5.41, 5.74) is 5.15. The fraction of sp³-hybridized carbons (Fsp3) is 0.429. The number of allylic oxidation sites excluding steroid dienone is 4. The van der Waals surface area contributed by atoms with Gasteiger partial charge in [-0.05, 0) is 69.8 Å². The molecular weight excluding hydrogens is 578 g/mol. The molecule has 0 N–H and O–H groups in total. The van der Waals surface area contributed by atoms with Crippen LogP contribution in [0.4, 0.5) is 0 Å². The summed E-state index contributed by atoms with van der Waals surface area (Å²) in [4.78, 5) is 30.6. The fourth-order valence-corrected chi connectivity index (χ4v) is 7.18. The molecule has 2 aliphatic carbocycles. The number of ketones is 2. The minimum atomic E-state index is -0.476. The summed E-state index contributed by atoms with van der Waals surface area (Å²) in [6.45, 7) is 11.7. The van der Waals surface area contributed by atoms with Crippen LogP contribution >= 0.6 is 15.9 Å². The summed E-state index contributed by atoms with van der Waals surface area (Å²) in [5.74, 6) is 3.29. The van der Waals surface area contributed by atoms with E-state index in [0.29, 0.717) is 42.0 Å². The van der Waals surface area contributed by atoms with Crippen molar-refractivity contribution in [1.82, 2.24) is 4.90 Å². The second-order valence-electron chi connectivity index (χ2n) is 12.9. The Balaban J connectivity index is 1.77. The number of Topliss-reactive ketones (excluding diaryl/α,β-unsaturated/α-hetero) is 2. The Labute approximate surface area is 252 Å². The third-order valence-corrected chi connectivity index (χ3v) is 8.76. The molecule has 214 valence electrons. The summed E-state index contributed by atoms with van der Waals surface area (Å²) in [6, 6.07) is 14.2. The highest BCUT2D eigenvalue weighted by Crippen LogP contribution is 2.55. The first-order chi connectivity index (χ1) is 19.4. The van der Waals surface area contributed by atoms with Gasteiger partial charge in [-0.15, -0.1) is 6.42 Å². The predicted molar refractivity (Wildman–Crippen MR) is 164 cm³/mol. The van der Waals surface area contributed by atoms with Crippen molar-refractivity contribution < 1.29 is 19.1 Å². The smallest absolute Gasteiger partial charge is 0.176 e. The van der Waals surface area contributed by atoms with E-state index in [2.05, 4.69) is 66.6 Å². The lowest BCUT2D eigenvalue weighted by molar-refractivity contribution is -0.119.